The lowest BCUT2D eigenvalue weighted by molar-refractivity contribution is 0.0591. The van der Waals surface area contributed by atoms with Crippen LogP contribution < -0.4 is 5.73 Å². The molecule has 1 heterocycles. The highest BCUT2D eigenvalue weighted by atomic mass is 31.2. The van der Waals surface area contributed by atoms with E-state index in [1.54, 1.807) is 0 Å². The minimum Gasteiger partial charge on any atom is -0.394 e. The first kappa shape index (κ1) is 19.0. The molecule has 1 saturated carbocycles. The van der Waals surface area contributed by atoms with E-state index in [0.29, 0.717) is 6.04 Å². The molecule has 0 aromatic carbocycles. The Labute approximate surface area is 114 Å². The predicted octanol–water partition coefficient (Wildman–Crippen LogP) is 0.507. The van der Waals surface area contributed by atoms with Crippen molar-refractivity contribution in [2.75, 3.05) is 13.2 Å². The first-order valence-corrected chi connectivity index (χ1v) is 8.15. The molecule has 8 heteroatoms. The topological polar surface area (TPSA) is 133 Å². The quantitative estimate of drug-likeness (QED) is 0.445. The number of nitrogens with two attached hydrogens (primary N) is 1. The fourth-order valence-corrected chi connectivity index (χ4v) is 1.92. The van der Waals surface area contributed by atoms with Gasteiger partial charge >= 0.3 is 7.82 Å². The average Bonchev–Trinajstić information content (AvgIpc) is 2.81. The largest absolute Gasteiger partial charge is 0.466 e. The summed E-state index contributed by atoms with van der Waals surface area (Å²) in [6.45, 7) is 1.03. The van der Waals surface area contributed by atoms with Crippen LogP contribution in [-0.2, 0) is 9.30 Å². The van der Waals surface area contributed by atoms with Crippen LogP contribution in [0.1, 0.15) is 44.9 Å². The summed E-state index contributed by atoms with van der Waals surface area (Å²) in [4.78, 5) is 21.6. The van der Waals surface area contributed by atoms with E-state index in [2.05, 4.69) is 0 Å². The first-order chi connectivity index (χ1) is 8.83. The standard InChI is InChI=1S/C6H13N.C5H10O2.H3O4P/c7-6-4-2-1-3-5-6;6-4-5-2-1-3-7-5;1-5(2,3)4/h6H,1-5,7H2;5-6H,1-4H2;(H3,1,2,3,4). The van der Waals surface area contributed by atoms with Gasteiger partial charge in [0.25, 0.3) is 0 Å². The van der Waals surface area contributed by atoms with E-state index < -0.39 is 7.82 Å². The Bertz CT molecular complexity index is 239. The van der Waals surface area contributed by atoms with E-state index in [1.165, 1.54) is 32.1 Å². The van der Waals surface area contributed by atoms with E-state index in [9.17, 15) is 0 Å². The summed E-state index contributed by atoms with van der Waals surface area (Å²) in [6, 6.07) is 0.536. The lowest BCUT2D eigenvalue weighted by atomic mass is 9.97. The van der Waals surface area contributed by atoms with Gasteiger partial charge in [0.2, 0.25) is 0 Å². The van der Waals surface area contributed by atoms with Crippen molar-refractivity contribution in [2.45, 2.75) is 57.1 Å². The summed E-state index contributed by atoms with van der Waals surface area (Å²) < 4.78 is 13.9. The Morgan fingerprint density at radius 2 is 1.58 bits per heavy atom. The Morgan fingerprint density at radius 1 is 1.05 bits per heavy atom. The van der Waals surface area contributed by atoms with Crippen LogP contribution in [0.3, 0.4) is 0 Å². The summed E-state index contributed by atoms with van der Waals surface area (Å²) in [6.07, 6.45) is 8.97. The Balaban J connectivity index is 0.000000261. The molecule has 6 N–H and O–H groups in total. The van der Waals surface area contributed by atoms with E-state index in [0.717, 1.165) is 19.4 Å². The van der Waals surface area contributed by atoms with Gasteiger partial charge in [-0.2, -0.15) is 0 Å². The molecule has 19 heavy (non-hydrogen) atoms. The van der Waals surface area contributed by atoms with Gasteiger partial charge in [0, 0.05) is 12.6 Å². The predicted molar refractivity (Wildman–Crippen MR) is 71.4 cm³/mol. The van der Waals surface area contributed by atoms with Crippen molar-refractivity contribution in [3.05, 3.63) is 0 Å². The molecule has 0 radical (unpaired) electrons. The zero-order valence-electron chi connectivity index (χ0n) is 11.1. The van der Waals surface area contributed by atoms with Crippen molar-refractivity contribution in [1.82, 2.24) is 0 Å². The highest BCUT2D eigenvalue weighted by Gasteiger charge is 2.12. The summed E-state index contributed by atoms with van der Waals surface area (Å²) in [5.74, 6) is 0. The van der Waals surface area contributed by atoms with Gasteiger partial charge in [-0.3, -0.25) is 0 Å². The van der Waals surface area contributed by atoms with Gasteiger partial charge in [-0.25, -0.2) is 4.57 Å². The van der Waals surface area contributed by atoms with Crippen LogP contribution in [0.25, 0.3) is 0 Å². The molecule has 2 rings (SSSR count). The van der Waals surface area contributed by atoms with Crippen LogP contribution in [0, 0.1) is 0 Å². The minimum absolute atomic E-state index is 0.153. The molecular formula is C11H26NO6P. The van der Waals surface area contributed by atoms with Crippen LogP contribution in [0.15, 0.2) is 0 Å². The monoisotopic (exact) mass is 299 g/mol. The maximum atomic E-state index is 8.88. The van der Waals surface area contributed by atoms with Gasteiger partial charge in [-0.1, -0.05) is 19.3 Å². The molecule has 1 aliphatic carbocycles. The molecular weight excluding hydrogens is 273 g/mol. The number of rotatable bonds is 1. The van der Waals surface area contributed by atoms with Gasteiger partial charge in [0.1, 0.15) is 0 Å². The number of ether oxygens (including phenoxy) is 1. The van der Waals surface area contributed by atoms with Gasteiger partial charge in [-0.15, -0.1) is 0 Å². The Kier molecular flexibility index (Phi) is 10.7. The zero-order valence-corrected chi connectivity index (χ0v) is 12.0. The third kappa shape index (κ3) is 15.9. The highest BCUT2D eigenvalue weighted by Crippen LogP contribution is 2.25. The summed E-state index contributed by atoms with van der Waals surface area (Å²) in [5.41, 5.74) is 5.63. The van der Waals surface area contributed by atoms with Gasteiger partial charge < -0.3 is 30.3 Å². The number of aliphatic hydroxyl groups is 1. The van der Waals surface area contributed by atoms with Crippen LogP contribution in [0.5, 0.6) is 0 Å². The van der Waals surface area contributed by atoms with E-state index in [-0.39, 0.29) is 12.7 Å². The second-order valence-electron chi connectivity index (χ2n) is 4.73. The van der Waals surface area contributed by atoms with Crippen molar-refractivity contribution < 1.29 is 29.1 Å². The van der Waals surface area contributed by atoms with E-state index in [4.69, 9.17) is 34.8 Å². The molecule has 0 aromatic rings. The fourth-order valence-electron chi connectivity index (χ4n) is 1.92. The Morgan fingerprint density at radius 3 is 1.79 bits per heavy atom. The second kappa shape index (κ2) is 10.7. The van der Waals surface area contributed by atoms with Crippen LogP contribution >= 0.6 is 7.82 Å². The fraction of sp³-hybridized carbons (Fsp3) is 1.00. The second-order valence-corrected chi connectivity index (χ2v) is 5.76. The molecule has 1 atom stereocenters. The normalized spacial score (nSPS) is 23.9. The molecule has 0 amide bonds. The van der Waals surface area contributed by atoms with Crippen LogP contribution in [-0.4, -0.2) is 45.1 Å². The van der Waals surface area contributed by atoms with Crippen molar-refractivity contribution in [1.29, 1.82) is 0 Å². The Hall–Kier alpha value is -0.0100. The molecule has 2 fully saturated rings. The lowest BCUT2D eigenvalue weighted by Gasteiger charge is -2.15. The van der Waals surface area contributed by atoms with Crippen molar-refractivity contribution in [3.8, 4) is 0 Å². The smallest absolute Gasteiger partial charge is 0.394 e. The summed E-state index contributed by atoms with van der Waals surface area (Å²) >= 11 is 0. The molecule has 0 bridgehead atoms. The van der Waals surface area contributed by atoms with Crippen molar-refractivity contribution >= 4 is 7.82 Å². The SMILES string of the molecule is NC1CCCCC1.O=P(O)(O)O.OCC1CCCO1. The van der Waals surface area contributed by atoms with Crippen molar-refractivity contribution in [2.24, 2.45) is 5.73 Å². The number of hydrogen-bond acceptors (Lipinski definition) is 4. The first-order valence-electron chi connectivity index (χ1n) is 6.59. The van der Waals surface area contributed by atoms with Crippen molar-refractivity contribution in [3.63, 3.8) is 0 Å². The van der Waals surface area contributed by atoms with Crippen LogP contribution in [0.2, 0.25) is 0 Å². The lowest BCUT2D eigenvalue weighted by Crippen LogP contribution is -2.22. The maximum absolute atomic E-state index is 8.88. The average molecular weight is 299 g/mol. The van der Waals surface area contributed by atoms with E-state index >= 15 is 0 Å². The molecule has 2 aliphatic rings. The molecule has 0 aromatic heterocycles. The number of phosphoric acid groups is 1. The highest BCUT2D eigenvalue weighted by molar-refractivity contribution is 7.45. The van der Waals surface area contributed by atoms with Gasteiger partial charge in [-0.05, 0) is 25.7 Å². The third-order valence-corrected chi connectivity index (χ3v) is 2.88. The van der Waals surface area contributed by atoms with Gasteiger partial charge in [0.05, 0.1) is 12.7 Å². The summed E-state index contributed by atoms with van der Waals surface area (Å²) in [5, 5.41) is 8.44. The molecule has 7 nitrogen and oxygen atoms in total. The van der Waals surface area contributed by atoms with Crippen LogP contribution in [0.4, 0.5) is 0 Å². The van der Waals surface area contributed by atoms with Gasteiger partial charge in [0.15, 0.2) is 0 Å². The summed E-state index contributed by atoms with van der Waals surface area (Å²) in [7, 11) is -4.64. The molecule has 1 aliphatic heterocycles. The maximum Gasteiger partial charge on any atom is 0.466 e. The molecule has 1 unspecified atom stereocenters. The molecule has 116 valence electrons. The zero-order chi connectivity index (χ0) is 14.7. The number of hydrogen-bond donors (Lipinski definition) is 5. The third-order valence-electron chi connectivity index (χ3n) is 2.88. The molecule has 1 saturated heterocycles. The number of aliphatic hydroxyl groups excluding tert-OH is 1. The minimum atomic E-state index is -4.64. The van der Waals surface area contributed by atoms with E-state index in [1.807, 2.05) is 0 Å². The molecule has 0 spiro atoms.